The number of carboxylic acids is 1. The SMILES string of the molecule is COc1cc(C)nc(N2CCCCCC2C(=O)O)n1. The first-order valence-electron chi connectivity index (χ1n) is 6.51. The number of nitrogens with zero attached hydrogens (tertiary/aromatic N) is 3. The highest BCUT2D eigenvalue weighted by atomic mass is 16.5. The van der Waals surface area contributed by atoms with Crippen molar-refractivity contribution >= 4 is 11.9 Å². The number of ether oxygens (including phenoxy) is 1. The Morgan fingerprint density at radius 2 is 2.21 bits per heavy atom. The molecule has 1 N–H and O–H groups in total. The summed E-state index contributed by atoms with van der Waals surface area (Å²) in [5.74, 6) is 0.105. The van der Waals surface area contributed by atoms with Gasteiger partial charge in [-0.2, -0.15) is 4.98 Å². The van der Waals surface area contributed by atoms with Gasteiger partial charge in [0, 0.05) is 18.3 Å². The van der Waals surface area contributed by atoms with Crippen LogP contribution in [0, 0.1) is 6.92 Å². The van der Waals surface area contributed by atoms with Crippen LogP contribution in [0.15, 0.2) is 6.07 Å². The minimum Gasteiger partial charge on any atom is -0.481 e. The molecule has 104 valence electrons. The fraction of sp³-hybridized carbons (Fsp3) is 0.615. The van der Waals surface area contributed by atoms with E-state index in [4.69, 9.17) is 4.74 Å². The summed E-state index contributed by atoms with van der Waals surface area (Å²) in [5, 5.41) is 9.36. The predicted molar refractivity (Wildman–Crippen MR) is 70.6 cm³/mol. The Kier molecular flexibility index (Phi) is 4.19. The summed E-state index contributed by atoms with van der Waals surface area (Å²) in [6, 6.07) is 1.19. The number of hydrogen-bond donors (Lipinski definition) is 1. The average Bonchev–Trinajstić information content (AvgIpc) is 2.63. The van der Waals surface area contributed by atoms with Crippen molar-refractivity contribution in [1.29, 1.82) is 0 Å². The second kappa shape index (κ2) is 5.86. The van der Waals surface area contributed by atoms with Gasteiger partial charge in [-0.3, -0.25) is 0 Å². The molecule has 0 aromatic carbocycles. The van der Waals surface area contributed by atoms with Crippen LogP contribution in [0.25, 0.3) is 0 Å². The monoisotopic (exact) mass is 265 g/mol. The number of rotatable bonds is 3. The van der Waals surface area contributed by atoms with Gasteiger partial charge in [0.1, 0.15) is 6.04 Å². The van der Waals surface area contributed by atoms with E-state index >= 15 is 0 Å². The van der Waals surface area contributed by atoms with Crippen LogP contribution in [-0.4, -0.2) is 40.7 Å². The van der Waals surface area contributed by atoms with Crippen molar-refractivity contribution in [1.82, 2.24) is 9.97 Å². The number of hydrogen-bond acceptors (Lipinski definition) is 5. The molecule has 1 aromatic heterocycles. The summed E-state index contributed by atoms with van der Waals surface area (Å²) in [7, 11) is 1.54. The molecule has 0 spiro atoms. The van der Waals surface area contributed by atoms with E-state index in [-0.39, 0.29) is 0 Å². The van der Waals surface area contributed by atoms with Gasteiger partial charge in [-0.25, -0.2) is 9.78 Å². The van der Waals surface area contributed by atoms with Crippen LogP contribution >= 0.6 is 0 Å². The first-order chi connectivity index (χ1) is 9.11. The highest BCUT2D eigenvalue weighted by Gasteiger charge is 2.29. The van der Waals surface area contributed by atoms with Crippen molar-refractivity contribution in [2.24, 2.45) is 0 Å². The van der Waals surface area contributed by atoms with Gasteiger partial charge in [-0.1, -0.05) is 12.8 Å². The first kappa shape index (κ1) is 13.6. The molecule has 2 rings (SSSR count). The summed E-state index contributed by atoms with van der Waals surface area (Å²) < 4.78 is 5.13. The third kappa shape index (κ3) is 3.13. The van der Waals surface area contributed by atoms with Crippen LogP contribution in [0.4, 0.5) is 5.95 Å². The van der Waals surface area contributed by atoms with Crippen molar-refractivity contribution in [3.05, 3.63) is 11.8 Å². The first-order valence-corrected chi connectivity index (χ1v) is 6.51. The second-order valence-corrected chi connectivity index (χ2v) is 4.75. The number of anilines is 1. The van der Waals surface area contributed by atoms with Crippen LogP contribution in [0.5, 0.6) is 5.88 Å². The molecule has 2 heterocycles. The molecule has 0 aliphatic carbocycles. The van der Waals surface area contributed by atoms with Crippen LogP contribution in [0.3, 0.4) is 0 Å². The molecule has 1 aliphatic rings. The number of methoxy groups -OCH3 is 1. The van der Waals surface area contributed by atoms with E-state index in [2.05, 4.69) is 9.97 Å². The van der Waals surface area contributed by atoms with Gasteiger partial charge in [0.15, 0.2) is 0 Å². The minimum absolute atomic E-state index is 0.450. The lowest BCUT2D eigenvalue weighted by atomic mass is 10.1. The van der Waals surface area contributed by atoms with E-state index in [1.807, 2.05) is 6.92 Å². The average molecular weight is 265 g/mol. The molecule has 0 amide bonds. The molecule has 1 aromatic rings. The van der Waals surface area contributed by atoms with E-state index < -0.39 is 12.0 Å². The highest BCUT2D eigenvalue weighted by Crippen LogP contribution is 2.23. The van der Waals surface area contributed by atoms with Gasteiger partial charge in [0.2, 0.25) is 11.8 Å². The highest BCUT2D eigenvalue weighted by molar-refractivity contribution is 5.77. The van der Waals surface area contributed by atoms with E-state index in [0.717, 1.165) is 25.0 Å². The van der Waals surface area contributed by atoms with Gasteiger partial charge in [-0.05, 0) is 19.8 Å². The zero-order chi connectivity index (χ0) is 13.8. The maximum absolute atomic E-state index is 11.4. The normalized spacial score (nSPS) is 19.9. The lowest BCUT2D eigenvalue weighted by Gasteiger charge is -2.27. The number of carbonyl (C=O) groups is 1. The Labute approximate surface area is 112 Å². The zero-order valence-corrected chi connectivity index (χ0v) is 11.3. The van der Waals surface area contributed by atoms with E-state index in [1.54, 1.807) is 18.1 Å². The molecule has 1 unspecified atom stereocenters. The van der Waals surface area contributed by atoms with E-state index in [9.17, 15) is 9.90 Å². The van der Waals surface area contributed by atoms with Crippen molar-refractivity contribution in [3.8, 4) is 5.88 Å². The fourth-order valence-corrected chi connectivity index (χ4v) is 2.36. The van der Waals surface area contributed by atoms with Crippen molar-refractivity contribution < 1.29 is 14.6 Å². The largest absolute Gasteiger partial charge is 0.481 e. The van der Waals surface area contributed by atoms with E-state index in [0.29, 0.717) is 24.8 Å². The Bertz CT molecular complexity index is 464. The Hall–Kier alpha value is -1.85. The van der Waals surface area contributed by atoms with Crippen molar-refractivity contribution in [2.45, 2.75) is 38.6 Å². The Morgan fingerprint density at radius 1 is 1.42 bits per heavy atom. The molecule has 19 heavy (non-hydrogen) atoms. The summed E-state index contributed by atoms with van der Waals surface area (Å²) in [4.78, 5) is 21.8. The Morgan fingerprint density at radius 3 is 2.89 bits per heavy atom. The van der Waals surface area contributed by atoms with E-state index in [1.165, 1.54) is 0 Å². The molecular formula is C13H19N3O3. The standard InChI is InChI=1S/C13H19N3O3/c1-9-8-11(19-2)15-13(14-9)16-7-5-3-4-6-10(16)12(17)18/h8,10H,3-7H2,1-2H3,(H,17,18). The lowest BCUT2D eigenvalue weighted by molar-refractivity contribution is -0.138. The van der Waals surface area contributed by atoms with Gasteiger partial charge in [-0.15, -0.1) is 0 Å². The quantitative estimate of drug-likeness (QED) is 0.895. The molecule has 1 aliphatic heterocycles. The number of carboxylic acid groups (broad SMARTS) is 1. The van der Waals surface area contributed by atoms with Gasteiger partial charge >= 0.3 is 5.97 Å². The fourth-order valence-electron chi connectivity index (χ4n) is 2.36. The molecule has 1 saturated heterocycles. The van der Waals surface area contributed by atoms with Crippen molar-refractivity contribution in [3.63, 3.8) is 0 Å². The predicted octanol–water partition coefficient (Wildman–Crippen LogP) is 1.63. The number of aromatic nitrogens is 2. The topological polar surface area (TPSA) is 75.5 Å². The Balaban J connectivity index is 2.35. The smallest absolute Gasteiger partial charge is 0.326 e. The molecule has 0 bridgehead atoms. The van der Waals surface area contributed by atoms with Crippen molar-refractivity contribution in [2.75, 3.05) is 18.6 Å². The van der Waals surface area contributed by atoms with Crippen LogP contribution in [-0.2, 0) is 4.79 Å². The molecule has 1 fully saturated rings. The number of aryl methyl sites for hydroxylation is 1. The maximum atomic E-state index is 11.4. The summed E-state index contributed by atoms with van der Waals surface area (Å²) in [6.45, 7) is 2.52. The van der Waals surface area contributed by atoms with Gasteiger partial charge < -0.3 is 14.7 Å². The van der Waals surface area contributed by atoms with Crippen LogP contribution in [0.1, 0.15) is 31.4 Å². The second-order valence-electron chi connectivity index (χ2n) is 4.75. The molecule has 0 saturated carbocycles. The third-order valence-corrected chi connectivity index (χ3v) is 3.32. The summed E-state index contributed by atoms with van der Waals surface area (Å²) in [6.07, 6.45) is 3.57. The molecule has 6 heteroatoms. The molecule has 0 radical (unpaired) electrons. The molecule has 6 nitrogen and oxygen atoms in total. The van der Waals surface area contributed by atoms with Gasteiger partial charge in [0.25, 0.3) is 0 Å². The minimum atomic E-state index is -0.814. The molecule has 1 atom stereocenters. The van der Waals surface area contributed by atoms with Crippen LogP contribution in [0.2, 0.25) is 0 Å². The van der Waals surface area contributed by atoms with Crippen LogP contribution < -0.4 is 9.64 Å². The summed E-state index contributed by atoms with van der Waals surface area (Å²) >= 11 is 0. The summed E-state index contributed by atoms with van der Waals surface area (Å²) in [5.41, 5.74) is 0.773. The lowest BCUT2D eigenvalue weighted by Crippen LogP contribution is -2.42. The maximum Gasteiger partial charge on any atom is 0.326 e. The number of aliphatic carboxylic acids is 1. The van der Waals surface area contributed by atoms with Gasteiger partial charge in [0.05, 0.1) is 7.11 Å². The zero-order valence-electron chi connectivity index (χ0n) is 11.3. The molecular weight excluding hydrogens is 246 g/mol. The third-order valence-electron chi connectivity index (χ3n) is 3.32.